The molecule has 0 radical (unpaired) electrons. The van der Waals surface area contributed by atoms with E-state index in [2.05, 4.69) is 20.6 Å². The van der Waals surface area contributed by atoms with Gasteiger partial charge in [-0.25, -0.2) is 14.4 Å². The second-order valence-corrected chi connectivity index (χ2v) is 6.08. The van der Waals surface area contributed by atoms with Gasteiger partial charge in [0.25, 0.3) is 5.91 Å². The molecule has 2 N–H and O–H groups in total. The van der Waals surface area contributed by atoms with E-state index in [9.17, 15) is 9.18 Å². The zero-order valence-electron chi connectivity index (χ0n) is 16.1. The van der Waals surface area contributed by atoms with Crippen LogP contribution in [0.15, 0.2) is 54.7 Å². The van der Waals surface area contributed by atoms with Crippen LogP contribution in [0.5, 0.6) is 11.5 Å². The van der Waals surface area contributed by atoms with Crippen molar-refractivity contribution in [3.8, 4) is 11.5 Å². The molecule has 8 heteroatoms. The van der Waals surface area contributed by atoms with Crippen LogP contribution < -0.4 is 20.1 Å². The summed E-state index contributed by atoms with van der Waals surface area (Å²) in [5, 5.41) is 5.73. The van der Waals surface area contributed by atoms with Crippen LogP contribution in [0.1, 0.15) is 21.6 Å². The van der Waals surface area contributed by atoms with Gasteiger partial charge in [-0.05, 0) is 29.8 Å². The summed E-state index contributed by atoms with van der Waals surface area (Å²) in [6.45, 7) is 0.505. The molecule has 3 aromatic rings. The number of nitrogens with one attached hydrogen (secondary N) is 2. The van der Waals surface area contributed by atoms with E-state index in [0.717, 1.165) is 5.56 Å². The summed E-state index contributed by atoms with van der Waals surface area (Å²) in [5.74, 6) is 0.783. The lowest BCUT2D eigenvalue weighted by Gasteiger charge is -2.11. The van der Waals surface area contributed by atoms with Crippen LogP contribution >= 0.6 is 0 Å². The molecule has 3 rings (SSSR count). The molecule has 0 spiro atoms. The molecule has 1 aromatic heterocycles. The van der Waals surface area contributed by atoms with E-state index in [1.807, 2.05) is 18.2 Å². The lowest BCUT2D eigenvalue weighted by molar-refractivity contribution is 0.0945. The molecule has 0 saturated carbocycles. The third-order valence-electron chi connectivity index (χ3n) is 4.18. The summed E-state index contributed by atoms with van der Waals surface area (Å²) < 4.78 is 24.2. The highest BCUT2D eigenvalue weighted by Gasteiger charge is 2.10. The van der Waals surface area contributed by atoms with Crippen molar-refractivity contribution in [3.05, 3.63) is 77.4 Å². The number of anilines is 1. The van der Waals surface area contributed by atoms with Crippen LogP contribution in [0.3, 0.4) is 0 Å². The van der Waals surface area contributed by atoms with Gasteiger partial charge in [-0.15, -0.1) is 0 Å². The van der Waals surface area contributed by atoms with Gasteiger partial charge in [-0.3, -0.25) is 4.79 Å². The minimum Gasteiger partial charge on any atom is -0.493 e. The number of nitrogens with zero attached hydrogens (tertiary/aromatic N) is 2. The fourth-order valence-corrected chi connectivity index (χ4v) is 2.65. The Balaban J connectivity index is 1.62. The molecule has 0 atom stereocenters. The number of rotatable bonds is 8. The summed E-state index contributed by atoms with van der Waals surface area (Å²) in [7, 11) is 3.15. The maximum Gasteiger partial charge on any atom is 0.270 e. The summed E-state index contributed by atoms with van der Waals surface area (Å²) in [4.78, 5) is 20.7. The molecule has 0 aliphatic heterocycles. The first-order chi connectivity index (χ1) is 14.1. The Kier molecular flexibility index (Phi) is 6.57. The Hall–Kier alpha value is -3.68. The molecule has 2 aromatic carbocycles. The van der Waals surface area contributed by atoms with Gasteiger partial charge in [0.15, 0.2) is 11.5 Å². The van der Waals surface area contributed by atoms with Crippen LogP contribution in [0.25, 0.3) is 0 Å². The highest BCUT2D eigenvalue weighted by Crippen LogP contribution is 2.27. The Labute approximate surface area is 167 Å². The maximum atomic E-state index is 13.7. The van der Waals surface area contributed by atoms with Gasteiger partial charge in [0.05, 0.1) is 14.2 Å². The minimum absolute atomic E-state index is 0.0733. The fourth-order valence-electron chi connectivity index (χ4n) is 2.65. The Bertz CT molecular complexity index is 997. The Morgan fingerprint density at radius 2 is 1.83 bits per heavy atom. The first-order valence-electron chi connectivity index (χ1n) is 8.90. The molecule has 29 heavy (non-hydrogen) atoms. The zero-order chi connectivity index (χ0) is 20.6. The highest BCUT2D eigenvalue weighted by molar-refractivity contribution is 5.92. The number of ether oxygens (including phenoxy) is 2. The van der Waals surface area contributed by atoms with Gasteiger partial charge >= 0.3 is 0 Å². The largest absolute Gasteiger partial charge is 0.493 e. The number of hydrogen-bond donors (Lipinski definition) is 2. The first kappa shape index (κ1) is 20.1. The number of methoxy groups -OCH3 is 2. The molecular formula is C21H21FN4O3. The predicted molar refractivity (Wildman–Crippen MR) is 106 cm³/mol. The summed E-state index contributed by atoms with van der Waals surface area (Å²) in [5.41, 5.74) is 1.52. The number of benzene rings is 2. The topological polar surface area (TPSA) is 85.4 Å². The van der Waals surface area contributed by atoms with Crippen LogP contribution in [-0.2, 0) is 13.1 Å². The number of aromatic nitrogens is 2. The predicted octanol–water partition coefficient (Wildman–Crippen LogP) is 3.18. The first-order valence-corrected chi connectivity index (χ1v) is 8.90. The summed E-state index contributed by atoms with van der Waals surface area (Å²) >= 11 is 0. The molecular weight excluding hydrogens is 375 g/mol. The monoisotopic (exact) mass is 396 g/mol. The Morgan fingerprint density at radius 1 is 1.03 bits per heavy atom. The van der Waals surface area contributed by atoms with Gasteiger partial charge in [-0.1, -0.05) is 24.3 Å². The van der Waals surface area contributed by atoms with Crippen molar-refractivity contribution in [2.75, 3.05) is 19.5 Å². The van der Waals surface area contributed by atoms with E-state index in [0.29, 0.717) is 29.6 Å². The van der Waals surface area contributed by atoms with Crippen molar-refractivity contribution in [2.45, 2.75) is 13.1 Å². The SMILES string of the molecule is COc1ccc(CNc2nccc(C(=O)NCc3ccccc3F)n2)cc1OC. The number of amides is 1. The molecule has 0 bridgehead atoms. The lowest BCUT2D eigenvalue weighted by Crippen LogP contribution is -2.24. The molecule has 0 unspecified atom stereocenters. The van der Waals surface area contributed by atoms with Gasteiger partial charge in [0, 0.05) is 24.8 Å². The number of carbonyl (C=O) groups is 1. The number of carbonyl (C=O) groups excluding carboxylic acids is 1. The van der Waals surface area contributed by atoms with Gasteiger partial charge in [0.2, 0.25) is 5.95 Å². The highest BCUT2D eigenvalue weighted by atomic mass is 19.1. The smallest absolute Gasteiger partial charge is 0.270 e. The fraction of sp³-hybridized carbons (Fsp3) is 0.190. The molecule has 0 saturated heterocycles. The van der Waals surface area contributed by atoms with E-state index >= 15 is 0 Å². The van der Waals surface area contributed by atoms with Gasteiger partial charge in [-0.2, -0.15) is 0 Å². The Morgan fingerprint density at radius 3 is 2.59 bits per heavy atom. The van der Waals surface area contributed by atoms with E-state index in [1.165, 1.54) is 18.3 Å². The van der Waals surface area contributed by atoms with Crippen LogP contribution in [0, 0.1) is 5.82 Å². The third kappa shape index (κ3) is 5.19. The van der Waals surface area contributed by atoms with Gasteiger partial charge in [0.1, 0.15) is 11.5 Å². The van der Waals surface area contributed by atoms with Crippen LogP contribution in [0.2, 0.25) is 0 Å². The summed E-state index contributed by atoms with van der Waals surface area (Å²) in [6, 6.07) is 13.3. The molecule has 0 aliphatic rings. The van der Waals surface area contributed by atoms with E-state index < -0.39 is 5.91 Å². The number of halogens is 1. The van der Waals surface area contributed by atoms with Crippen molar-refractivity contribution in [3.63, 3.8) is 0 Å². The van der Waals surface area contributed by atoms with Gasteiger partial charge < -0.3 is 20.1 Å². The van der Waals surface area contributed by atoms with Crippen molar-refractivity contribution < 1.29 is 18.7 Å². The van der Waals surface area contributed by atoms with Crippen LogP contribution in [0.4, 0.5) is 10.3 Å². The third-order valence-corrected chi connectivity index (χ3v) is 4.18. The molecule has 1 heterocycles. The second-order valence-electron chi connectivity index (χ2n) is 6.08. The van der Waals surface area contributed by atoms with Crippen molar-refractivity contribution >= 4 is 11.9 Å². The average Bonchev–Trinajstić information content (AvgIpc) is 2.76. The van der Waals surface area contributed by atoms with E-state index in [-0.39, 0.29) is 18.1 Å². The zero-order valence-corrected chi connectivity index (χ0v) is 16.1. The molecule has 7 nitrogen and oxygen atoms in total. The van der Waals surface area contributed by atoms with Crippen molar-refractivity contribution in [1.82, 2.24) is 15.3 Å². The lowest BCUT2D eigenvalue weighted by atomic mass is 10.2. The average molecular weight is 396 g/mol. The van der Waals surface area contributed by atoms with E-state index in [4.69, 9.17) is 9.47 Å². The molecule has 0 aliphatic carbocycles. The standard InChI is InChI=1S/C21H21FN4O3/c1-28-18-8-7-14(11-19(18)29-2)12-25-21-23-10-9-17(26-21)20(27)24-13-15-5-3-4-6-16(15)22/h3-11H,12-13H2,1-2H3,(H,24,27)(H,23,25,26). The minimum atomic E-state index is -0.412. The second kappa shape index (κ2) is 9.50. The van der Waals surface area contributed by atoms with E-state index in [1.54, 1.807) is 32.4 Å². The van der Waals surface area contributed by atoms with Crippen molar-refractivity contribution in [2.24, 2.45) is 0 Å². The molecule has 0 fully saturated rings. The van der Waals surface area contributed by atoms with Crippen LogP contribution in [-0.4, -0.2) is 30.1 Å². The maximum absolute atomic E-state index is 13.7. The van der Waals surface area contributed by atoms with Crippen molar-refractivity contribution in [1.29, 1.82) is 0 Å². The molecule has 150 valence electrons. The number of hydrogen-bond acceptors (Lipinski definition) is 6. The normalized spacial score (nSPS) is 10.3. The quantitative estimate of drug-likeness (QED) is 0.608. The summed E-state index contributed by atoms with van der Waals surface area (Å²) in [6.07, 6.45) is 1.49. The molecule has 1 amide bonds.